The number of aliphatic imine (C=N–C) groups is 1. The molecular weight excluding hydrogens is 300 g/mol. The van der Waals surface area contributed by atoms with Gasteiger partial charge in [-0.2, -0.15) is 0 Å². The SMILES string of the molecule is Cc1cnc(C(C)NC2=NCCN(C(=O)OC(C)(C)C)C2)s1. The predicted molar refractivity (Wildman–Crippen MR) is 88.5 cm³/mol. The summed E-state index contributed by atoms with van der Waals surface area (Å²) in [7, 11) is 0. The lowest BCUT2D eigenvalue weighted by molar-refractivity contribution is 0.0276. The molecule has 1 aliphatic heterocycles. The zero-order valence-electron chi connectivity index (χ0n) is 13.8. The Hall–Kier alpha value is -1.63. The van der Waals surface area contributed by atoms with Crippen LogP contribution in [0.4, 0.5) is 4.79 Å². The third-order valence-electron chi connectivity index (χ3n) is 3.06. The van der Waals surface area contributed by atoms with Gasteiger partial charge in [0, 0.05) is 17.6 Å². The van der Waals surface area contributed by atoms with Crippen molar-refractivity contribution in [3.05, 3.63) is 16.1 Å². The lowest BCUT2D eigenvalue weighted by atomic mass is 10.2. The van der Waals surface area contributed by atoms with Crippen LogP contribution in [0.5, 0.6) is 0 Å². The lowest BCUT2D eigenvalue weighted by Crippen LogP contribution is -2.47. The van der Waals surface area contributed by atoms with Crippen molar-refractivity contribution >= 4 is 23.3 Å². The van der Waals surface area contributed by atoms with E-state index >= 15 is 0 Å². The van der Waals surface area contributed by atoms with Crippen LogP contribution in [0, 0.1) is 6.92 Å². The van der Waals surface area contributed by atoms with E-state index in [2.05, 4.69) is 15.3 Å². The fourth-order valence-electron chi connectivity index (χ4n) is 2.07. The van der Waals surface area contributed by atoms with E-state index in [-0.39, 0.29) is 12.1 Å². The Kier molecular flexibility index (Phi) is 5.05. The highest BCUT2D eigenvalue weighted by Crippen LogP contribution is 2.19. The smallest absolute Gasteiger partial charge is 0.410 e. The predicted octanol–water partition coefficient (Wildman–Crippen LogP) is 2.75. The molecule has 0 aliphatic carbocycles. The molecule has 1 aliphatic rings. The second kappa shape index (κ2) is 6.64. The molecule has 1 aromatic rings. The average molecular weight is 324 g/mol. The molecule has 0 aromatic carbocycles. The summed E-state index contributed by atoms with van der Waals surface area (Å²) in [6.45, 7) is 11.3. The van der Waals surface area contributed by atoms with Gasteiger partial charge in [0.1, 0.15) is 16.4 Å². The highest BCUT2D eigenvalue weighted by Gasteiger charge is 2.25. The van der Waals surface area contributed by atoms with E-state index in [1.165, 1.54) is 4.88 Å². The molecule has 0 saturated heterocycles. The first-order valence-corrected chi connectivity index (χ1v) is 8.26. The van der Waals surface area contributed by atoms with Gasteiger partial charge in [0.2, 0.25) is 0 Å². The van der Waals surface area contributed by atoms with Gasteiger partial charge in [-0.05, 0) is 34.6 Å². The first-order chi connectivity index (χ1) is 10.2. The molecule has 0 bridgehead atoms. The van der Waals surface area contributed by atoms with Crippen LogP contribution in [0.2, 0.25) is 0 Å². The van der Waals surface area contributed by atoms with Crippen LogP contribution >= 0.6 is 11.3 Å². The first kappa shape index (κ1) is 16.7. The van der Waals surface area contributed by atoms with E-state index in [0.29, 0.717) is 19.6 Å². The summed E-state index contributed by atoms with van der Waals surface area (Å²) in [6.07, 6.45) is 1.58. The number of thiazole rings is 1. The van der Waals surface area contributed by atoms with E-state index in [1.807, 2.05) is 40.8 Å². The molecule has 0 radical (unpaired) electrons. The highest BCUT2D eigenvalue weighted by atomic mass is 32.1. The van der Waals surface area contributed by atoms with Gasteiger partial charge in [0.15, 0.2) is 0 Å². The second-order valence-electron chi connectivity index (χ2n) is 6.41. The summed E-state index contributed by atoms with van der Waals surface area (Å²) in [5.74, 6) is 0.803. The van der Waals surface area contributed by atoms with Crippen LogP contribution in [0.1, 0.15) is 43.6 Å². The van der Waals surface area contributed by atoms with Gasteiger partial charge < -0.3 is 10.1 Å². The number of carbonyl (C=O) groups is 1. The molecule has 7 heteroatoms. The zero-order valence-corrected chi connectivity index (χ0v) is 14.7. The van der Waals surface area contributed by atoms with Gasteiger partial charge in [-0.1, -0.05) is 0 Å². The molecule has 22 heavy (non-hydrogen) atoms. The summed E-state index contributed by atoms with van der Waals surface area (Å²) in [6, 6.07) is 0.0797. The number of nitrogens with zero attached hydrogens (tertiary/aromatic N) is 3. The van der Waals surface area contributed by atoms with Gasteiger partial charge in [0.25, 0.3) is 0 Å². The van der Waals surface area contributed by atoms with E-state index < -0.39 is 5.60 Å². The molecule has 1 unspecified atom stereocenters. The van der Waals surface area contributed by atoms with Crippen LogP contribution < -0.4 is 5.32 Å². The summed E-state index contributed by atoms with van der Waals surface area (Å²) < 4.78 is 5.41. The molecule has 2 heterocycles. The topological polar surface area (TPSA) is 66.8 Å². The Labute approximate surface area is 135 Å². The fraction of sp³-hybridized carbons (Fsp3) is 0.667. The number of aryl methyl sites for hydroxylation is 1. The highest BCUT2D eigenvalue weighted by molar-refractivity contribution is 7.11. The number of hydrogen-bond donors (Lipinski definition) is 1. The number of amides is 1. The number of rotatable bonds is 2. The summed E-state index contributed by atoms with van der Waals surface area (Å²) in [5, 5.41) is 4.37. The van der Waals surface area contributed by atoms with Crippen LogP contribution in [0.15, 0.2) is 11.2 Å². The van der Waals surface area contributed by atoms with Gasteiger partial charge >= 0.3 is 6.09 Å². The maximum atomic E-state index is 12.1. The van der Waals surface area contributed by atoms with Crippen molar-refractivity contribution < 1.29 is 9.53 Å². The Morgan fingerprint density at radius 3 is 2.82 bits per heavy atom. The van der Waals surface area contributed by atoms with Crippen LogP contribution in [-0.4, -0.2) is 47.0 Å². The van der Waals surface area contributed by atoms with Crippen LogP contribution in [0.3, 0.4) is 0 Å². The monoisotopic (exact) mass is 324 g/mol. The number of amidine groups is 1. The number of carbonyl (C=O) groups excluding carboxylic acids is 1. The molecule has 0 saturated carbocycles. The largest absolute Gasteiger partial charge is 0.444 e. The minimum Gasteiger partial charge on any atom is -0.444 e. The molecule has 1 N–H and O–H groups in total. The van der Waals surface area contributed by atoms with E-state index in [1.54, 1.807) is 16.2 Å². The summed E-state index contributed by atoms with van der Waals surface area (Å²) in [5.41, 5.74) is -0.481. The van der Waals surface area contributed by atoms with Crippen molar-refractivity contribution in [1.29, 1.82) is 0 Å². The Morgan fingerprint density at radius 2 is 2.23 bits per heavy atom. The lowest BCUT2D eigenvalue weighted by Gasteiger charge is -2.30. The number of hydrogen-bond acceptors (Lipinski definition) is 6. The maximum absolute atomic E-state index is 12.1. The first-order valence-electron chi connectivity index (χ1n) is 7.45. The summed E-state index contributed by atoms with van der Waals surface area (Å²) >= 11 is 1.67. The van der Waals surface area contributed by atoms with Crippen molar-refractivity contribution in [3.8, 4) is 0 Å². The van der Waals surface area contributed by atoms with E-state index in [9.17, 15) is 4.79 Å². The second-order valence-corrected chi connectivity index (χ2v) is 7.67. The molecule has 122 valence electrons. The zero-order chi connectivity index (χ0) is 16.3. The minimum atomic E-state index is -0.481. The summed E-state index contributed by atoms with van der Waals surface area (Å²) in [4.78, 5) is 23.8. The van der Waals surface area contributed by atoms with Gasteiger partial charge in [-0.3, -0.25) is 9.89 Å². The van der Waals surface area contributed by atoms with Crippen LogP contribution in [-0.2, 0) is 4.74 Å². The third-order valence-corrected chi connectivity index (χ3v) is 4.15. The number of aromatic nitrogens is 1. The van der Waals surface area contributed by atoms with Crippen molar-refractivity contribution in [2.45, 2.75) is 46.3 Å². The van der Waals surface area contributed by atoms with Crippen LogP contribution in [0.25, 0.3) is 0 Å². The molecule has 1 atom stereocenters. The number of nitrogens with one attached hydrogen (secondary N) is 1. The van der Waals surface area contributed by atoms with E-state index in [4.69, 9.17) is 4.74 Å². The average Bonchev–Trinajstić information content (AvgIpc) is 2.84. The standard InChI is InChI=1S/C15H24N4O2S/c1-10-8-17-13(22-10)11(2)18-12-9-19(7-6-16-12)14(20)21-15(3,4)5/h8,11H,6-7,9H2,1-5H3,(H,16,18). The third kappa shape index (κ3) is 4.69. The maximum Gasteiger partial charge on any atom is 0.410 e. The Morgan fingerprint density at radius 1 is 1.50 bits per heavy atom. The van der Waals surface area contributed by atoms with Crippen molar-refractivity contribution in [1.82, 2.24) is 15.2 Å². The quantitative estimate of drug-likeness (QED) is 0.908. The number of ether oxygens (including phenoxy) is 1. The fourth-order valence-corrected chi connectivity index (χ4v) is 2.85. The van der Waals surface area contributed by atoms with E-state index in [0.717, 1.165) is 10.8 Å². The van der Waals surface area contributed by atoms with Crippen molar-refractivity contribution in [2.24, 2.45) is 4.99 Å². The van der Waals surface area contributed by atoms with Gasteiger partial charge in [-0.15, -0.1) is 11.3 Å². The molecule has 0 fully saturated rings. The van der Waals surface area contributed by atoms with Crippen molar-refractivity contribution in [3.63, 3.8) is 0 Å². The molecule has 2 rings (SSSR count). The Bertz CT molecular complexity index is 562. The molecule has 0 spiro atoms. The normalized spacial score (nSPS) is 17.0. The van der Waals surface area contributed by atoms with Gasteiger partial charge in [-0.25, -0.2) is 9.78 Å². The molecule has 1 aromatic heterocycles. The Balaban J connectivity index is 1.93. The van der Waals surface area contributed by atoms with Crippen molar-refractivity contribution in [2.75, 3.05) is 19.6 Å². The molecular formula is C15H24N4O2S. The molecule has 6 nitrogen and oxygen atoms in total. The van der Waals surface area contributed by atoms with Gasteiger partial charge in [0.05, 0.1) is 19.1 Å². The molecule has 1 amide bonds. The minimum absolute atomic E-state index is 0.0797.